The predicted octanol–water partition coefficient (Wildman–Crippen LogP) is 2.23. The summed E-state index contributed by atoms with van der Waals surface area (Å²) >= 11 is 0. The lowest BCUT2D eigenvalue weighted by Gasteiger charge is -2.17. The van der Waals surface area contributed by atoms with E-state index in [1.807, 2.05) is 0 Å². The fraction of sp³-hybridized carbons (Fsp3) is 0.312. The lowest BCUT2D eigenvalue weighted by Crippen LogP contribution is -2.39. The normalized spacial score (nSPS) is 11.3. The molecule has 122 valence electrons. The zero-order valence-electron chi connectivity index (χ0n) is 13.1. The predicted molar refractivity (Wildman–Crippen MR) is 84.3 cm³/mol. The van der Waals surface area contributed by atoms with Crippen LogP contribution >= 0.6 is 0 Å². The molecule has 0 fully saturated rings. The van der Waals surface area contributed by atoms with Crippen molar-refractivity contribution < 1.29 is 23.9 Å². The molecular formula is C16H18N2O5. The topological polar surface area (TPSA) is 109 Å². The van der Waals surface area contributed by atoms with E-state index >= 15 is 0 Å². The van der Waals surface area contributed by atoms with Crippen molar-refractivity contribution in [2.24, 2.45) is 5.41 Å². The molecule has 2 aromatic rings. The van der Waals surface area contributed by atoms with E-state index in [4.69, 9.17) is 9.52 Å². The number of nitrogens with one attached hydrogen (secondary N) is 2. The van der Waals surface area contributed by atoms with Crippen LogP contribution in [-0.2, 0) is 9.59 Å². The van der Waals surface area contributed by atoms with Crippen LogP contribution in [0.4, 0.5) is 5.69 Å². The van der Waals surface area contributed by atoms with Gasteiger partial charge in [0.2, 0.25) is 17.6 Å². The van der Waals surface area contributed by atoms with Crippen LogP contribution in [0.2, 0.25) is 0 Å². The van der Waals surface area contributed by atoms with Crippen LogP contribution in [0.3, 0.4) is 0 Å². The highest BCUT2D eigenvalue weighted by atomic mass is 16.4. The summed E-state index contributed by atoms with van der Waals surface area (Å²) in [5, 5.41) is 14.6. The highest BCUT2D eigenvalue weighted by Crippen LogP contribution is 2.23. The van der Waals surface area contributed by atoms with Gasteiger partial charge in [0.25, 0.3) is 0 Å². The van der Waals surface area contributed by atoms with E-state index in [-0.39, 0.29) is 24.1 Å². The van der Waals surface area contributed by atoms with Crippen molar-refractivity contribution in [3.63, 3.8) is 0 Å². The third kappa shape index (κ3) is 4.09. The van der Waals surface area contributed by atoms with Gasteiger partial charge in [-0.05, 0) is 24.3 Å². The number of furan rings is 1. The van der Waals surface area contributed by atoms with E-state index in [1.165, 1.54) is 6.07 Å². The molecule has 7 heteroatoms. The molecule has 1 aromatic heterocycles. The molecule has 0 saturated carbocycles. The summed E-state index contributed by atoms with van der Waals surface area (Å²) < 4.78 is 5.14. The summed E-state index contributed by atoms with van der Waals surface area (Å²) in [6.45, 7) is 5.13. The van der Waals surface area contributed by atoms with Crippen molar-refractivity contribution >= 4 is 34.4 Å². The molecule has 0 atom stereocenters. The number of fused-ring (bicyclic) bond motifs is 1. The van der Waals surface area contributed by atoms with E-state index in [2.05, 4.69) is 10.6 Å². The van der Waals surface area contributed by atoms with Crippen LogP contribution in [0.15, 0.2) is 28.7 Å². The molecule has 23 heavy (non-hydrogen) atoms. The monoisotopic (exact) mass is 318 g/mol. The lowest BCUT2D eigenvalue weighted by atomic mass is 9.96. The summed E-state index contributed by atoms with van der Waals surface area (Å²) in [7, 11) is 0. The van der Waals surface area contributed by atoms with Gasteiger partial charge >= 0.3 is 5.97 Å². The van der Waals surface area contributed by atoms with Crippen LogP contribution in [0, 0.1) is 5.41 Å². The number of hydrogen-bond acceptors (Lipinski definition) is 4. The van der Waals surface area contributed by atoms with Gasteiger partial charge in [-0.1, -0.05) is 20.8 Å². The average Bonchev–Trinajstić information content (AvgIpc) is 2.87. The van der Waals surface area contributed by atoms with Gasteiger partial charge in [0, 0.05) is 16.5 Å². The SMILES string of the molecule is CC(C)(C)C(=O)NCC(=O)Nc1ccc2oc(C(=O)O)cc2c1. The Morgan fingerprint density at radius 2 is 1.87 bits per heavy atom. The number of amides is 2. The van der Waals surface area contributed by atoms with Gasteiger partial charge in [0.05, 0.1) is 6.54 Å². The van der Waals surface area contributed by atoms with Gasteiger partial charge in [-0.15, -0.1) is 0 Å². The van der Waals surface area contributed by atoms with Crippen LogP contribution in [0.25, 0.3) is 11.0 Å². The van der Waals surface area contributed by atoms with E-state index in [0.717, 1.165) is 0 Å². The van der Waals surface area contributed by atoms with E-state index < -0.39 is 11.4 Å². The van der Waals surface area contributed by atoms with Gasteiger partial charge in [0.1, 0.15) is 5.58 Å². The molecule has 0 bridgehead atoms. The highest BCUT2D eigenvalue weighted by Gasteiger charge is 2.21. The molecule has 2 rings (SSSR count). The number of anilines is 1. The number of carboxylic acids is 1. The van der Waals surface area contributed by atoms with Crippen molar-refractivity contribution in [2.75, 3.05) is 11.9 Å². The summed E-state index contributed by atoms with van der Waals surface area (Å²) in [5.74, 6) is -1.91. The molecule has 0 aliphatic rings. The second-order valence-corrected chi connectivity index (χ2v) is 6.15. The minimum absolute atomic E-state index is 0.139. The molecule has 0 radical (unpaired) electrons. The largest absolute Gasteiger partial charge is 0.475 e. The Morgan fingerprint density at radius 1 is 1.17 bits per heavy atom. The van der Waals surface area contributed by atoms with Crippen molar-refractivity contribution in [3.05, 3.63) is 30.0 Å². The number of benzene rings is 1. The van der Waals surface area contributed by atoms with Gasteiger partial charge < -0.3 is 20.2 Å². The molecule has 0 aliphatic heterocycles. The molecule has 0 aliphatic carbocycles. The standard InChI is InChI=1S/C16H18N2O5/c1-16(2,3)15(22)17-8-13(19)18-10-4-5-11-9(6-10)7-12(23-11)14(20)21/h4-7H,8H2,1-3H3,(H,17,22)(H,18,19)(H,20,21). The Hall–Kier alpha value is -2.83. The number of carbonyl (C=O) groups is 3. The smallest absolute Gasteiger partial charge is 0.371 e. The van der Waals surface area contributed by atoms with E-state index in [0.29, 0.717) is 16.7 Å². The summed E-state index contributed by atoms with van der Waals surface area (Å²) in [5.41, 5.74) is 0.343. The van der Waals surface area contributed by atoms with Crippen molar-refractivity contribution in [1.82, 2.24) is 5.32 Å². The zero-order chi connectivity index (χ0) is 17.2. The fourth-order valence-corrected chi connectivity index (χ4v) is 1.86. The van der Waals surface area contributed by atoms with Crippen molar-refractivity contribution in [1.29, 1.82) is 0 Å². The molecule has 0 spiro atoms. The zero-order valence-corrected chi connectivity index (χ0v) is 13.1. The Labute approximate surface area is 132 Å². The summed E-state index contributed by atoms with van der Waals surface area (Å²) in [6, 6.07) is 6.16. The number of hydrogen-bond donors (Lipinski definition) is 3. The second-order valence-electron chi connectivity index (χ2n) is 6.15. The first-order chi connectivity index (χ1) is 10.7. The van der Waals surface area contributed by atoms with Gasteiger partial charge in [0.15, 0.2) is 0 Å². The van der Waals surface area contributed by atoms with Gasteiger partial charge in [-0.25, -0.2) is 4.79 Å². The molecule has 0 saturated heterocycles. The van der Waals surface area contributed by atoms with E-state index in [1.54, 1.807) is 39.0 Å². The van der Waals surface area contributed by atoms with Gasteiger partial charge in [-0.2, -0.15) is 0 Å². The van der Waals surface area contributed by atoms with Gasteiger partial charge in [-0.3, -0.25) is 9.59 Å². The second kappa shape index (κ2) is 6.12. The highest BCUT2D eigenvalue weighted by molar-refractivity contribution is 5.98. The maximum absolute atomic E-state index is 11.8. The Kier molecular flexibility index (Phi) is 4.40. The summed E-state index contributed by atoms with van der Waals surface area (Å²) in [4.78, 5) is 34.4. The molecule has 1 heterocycles. The Balaban J connectivity index is 2.02. The first-order valence-electron chi connectivity index (χ1n) is 7.02. The quantitative estimate of drug-likeness (QED) is 0.801. The first-order valence-corrected chi connectivity index (χ1v) is 7.02. The number of rotatable bonds is 4. The molecule has 2 amide bonds. The minimum Gasteiger partial charge on any atom is -0.475 e. The Morgan fingerprint density at radius 3 is 2.48 bits per heavy atom. The lowest BCUT2D eigenvalue weighted by molar-refractivity contribution is -0.130. The van der Waals surface area contributed by atoms with Crippen LogP contribution < -0.4 is 10.6 Å². The van der Waals surface area contributed by atoms with E-state index in [9.17, 15) is 14.4 Å². The van der Waals surface area contributed by atoms with Crippen LogP contribution in [0.5, 0.6) is 0 Å². The van der Waals surface area contributed by atoms with Crippen LogP contribution in [-0.4, -0.2) is 29.4 Å². The first kappa shape index (κ1) is 16.5. The third-order valence-corrected chi connectivity index (χ3v) is 3.10. The fourth-order valence-electron chi connectivity index (χ4n) is 1.86. The number of aromatic carboxylic acids is 1. The molecule has 1 aromatic carbocycles. The maximum Gasteiger partial charge on any atom is 0.371 e. The Bertz CT molecular complexity index is 770. The number of carbonyl (C=O) groups excluding carboxylic acids is 2. The average molecular weight is 318 g/mol. The summed E-state index contributed by atoms with van der Waals surface area (Å²) in [6.07, 6.45) is 0. The number of carboxylic acid groups (broad SMARTS) is 1. The molecule has 7 nitrogen and oxygen atoms in total. The molecule has 3 N–H and O–H groups in total. The maximum atomic E-state index is 11.8. The molecule has 0 unspecified atom stereocenters. The molecular weight excluding hydrogens is 300 g/mol. The van der Waals surface area contributed by atoms with Crippen LogP contribution in [0.1, 0.15) is 31.3 Å². The third-order valence-electron chi connectivity index (χ3n) is 3.10. The van der Waals surface area contributed by atoms with Crippen molar-refractivity contribution in [2.45, 2.75) is 20.8 Å². The van der Waals surface area contributed by atoms with Crippen molar-refractivity contribution in [3.8, 4) is 0 Å². The minimum atomic E-state index is -1.16.